The third-order valence-electron chi connectivity index (χ3n) is 4.16. The van der Waals surface area contributed by atoms with Crippen molar-refractivity contribution in [3.63, 3.8) is 0 Å². The van der Waals surface area contributed by atoms with E-state index in [9.17, 15) is 10.2 Å². The van der Waals surface area contributed by atoms with Crippen LogP contribution in [0.15, 0.2) is 18.2 Å². The van der Waals surface area contributed by atoms with Crippen molar-refractivity contribution in [2.24, 2.45) is 5.92 Å². The fourth-order valence-electron chi connectivity index (χ4n) is 2.97. The van der Waals surface area contributed by atoms with Gasteiger partial charge in [-0.15, -0.1) is 0 Å². The highest BCUT2D eigenvalue weighted by molar-refractivity contribution is 5.38. The second-order valence-corrected chi connectivity index (χ2v) is 5.76. The fourth-order valence-corrected chi connectivity index (χ4v) is 2.97. The third-order valence-corrected chi connectivity index (χ3v) is 4.16. The van der Waals surface area contributed by atoms with Crippen molar-refractivity contribution in [1.82, 2.24) is 10.2 Å². The van der Waals surface area contributed by atoms with Crippen LogP contribution in [0.3, 0.4) is 0 Å². The van der Waals surface area contributed by atoms with E-state index in [0.29, 0.717) is 6.04 Å². The highest BCUT2D eigenvalue weighted by Crippen LogP contribution is 2.41. The zero-order valence-corrected chi connectivity index (χ0v) is 11.2. The molecular formula is C15H22N2O2. The fraction of sp³-hybridized carbons (Fsp3) is 0.600. The molecule has 3 rings (SSSR count). The molecule has 1 aromatic carbocycles. The van der Waals surface area contributed by atoms with Crippen LogP contribution in [0.25, 0.3) is 0 Å². The second kappa shape index (κ2) is 5.39. The van der Waals surface area contributed by atoms with Gasteiger partial charge in [0.1, 0.15) is 11.5 Å². The van der Waals surface area contributed by atoms with Gasteiger partial charge in [-0.3, -0.25) is 4.90 Å². The number of hydrogen-bond acceptors (Lipinski definition) is 4. The molecule has 19 heavy (non-hydrogen) atoms. The van der Waals surface area contributed by atoms with Crippen molar-refractivity contribution in [3.8, 4) is 11.5 Å². The molecule has 0 spiro atoms. The number of phenolic OH excluding ortho intramolecular Hbond substituents is 2. The summed E-state index contributed by atoms with van der Waals surface area (Å²) in [7, 11) is 0. The summed E-state index contributed by atoms with van der Waals surface area (Å²) in [6.45, 7) is 4.11. The summed E-state index contributed by atoms with van der Waals surface area (Å²) in [6, 6.07) is 5.33. The van der Waals surface area contributed by atoms with E-state index in [1.54, 1.807) is 12.1 Å². The summed E-state index contributed by atoms with van der Waals surface area (Å²) in [6.07, 6.45) is 3.80. The van der Waals surface area contributed by atoms with Crippen LogP contribution in [-0.2, 0) is 0 Å². The van der Waals surface area contributed by atoms with Gasteiger partial charge in [0.25, 0.3) is 0 Å². The van der Waals surface area contributed by atoms with Gasteiger partial charge in [0.15, 0.2) is 0 Å². The predicted molar refractivity (Wildman–Crippen MR) is 74.3 cm³/mol. The summed E-state index contributed by atoms with van der Waals surface area (Å²) in [5.74, 6) is 1.14. The number of hydrogen-bond donors (Lipinski definition) is 3. The van der Waals surface area contributed by atoms with E-state index in [0.717, 1.165) is 44.1 Å². The molecule has 2 aliphatic rings. The van der Waals surface area contributed by atoms with E-state index in [4.69, 9.17) is 0 Å². The van der Waals surface area contributed by atoms with Crippen molar-refractivity contribution >= 4 is 0 Å². The number of aromatic hydroxyl groups is 2. The summed E-state index contributed by atoms with van der Waals surface area (Å²) in [4.78, 5) is 2.48. The first-order chi connectivity index (χ1) is 9.22. The minimum Gasteiger partial charge on any atom is -0.508 e. The van der Waals surface area contributed by atoms with Crippen LogP contribution < -0.4 is 5.32 Å². The highest BCUT2D eigenvalue weighted by Gasteiger charge is 2.30. The second-order valence-electron chi connectivity index (χ2n) is 5.76. The van der Waals surface area contributed by atoms with E-state index in [1.807, 2.05) is 0 Å². The van der Waals surface area contributed by atoms with Crippen LogP contribution in [0, 0.1) is 5.92 Å². The summed E-state index contributed by atoms with van der Waals surface area (Å²) >= 11 is 0. The molecule has 1 aromatic rings. The van der Waals surface area contributed by atoms with Crippen molar-refractivity contribution in [2.75, 3.05) is 26.2 Å². The molecule has 104 valence electrons. The number of nitrogens with zero attached hydrogens (tertiary/aromatic N) is 1. The molecular weight excluding hydrogens is 240 g/mol. The molecule has 0 radical (unpaired) electrons. The standard InChI is InChI=1S/C15H22N2O2/c18-13-8-12(9-14(19)10-13)15(7-11-1-2-11)17-5-3-16-4-6-17/h8-11,15-16,18-19H,1-7H2/t15-/m1/s1. The summed E-state index contributed by atoms with van der Waals surface area (Å²) in [5, 5.41) is 22.8. The van der Waals surface area contributed by atoms with Gasteiger partial charge < -0.3 is 15.5 Å². The predicted octanol–water partition coefficient (Wildman–Crippen LogP) is 1.84. The quantitative estimate of drug-likeness (QED) is 0.775. The van der Waals surface area contributed by atoms with Gasteiger partial charge >= 0.3 is 0 Å². The molecule has 1 saturated carbocycles. The number of piperazine rings is 1. The van der Waals surface area contributed by atoms with Gasteiger partial charge in [-0.05, 0) is 30.0 Å². The van der Waals surface area contributed by atoms with Crippen LogP contribution in [0.5, 0.6) is 11.5 Å². The maximum Gasteiger partial charge on any atom is 0.119 e. The van der Waals surface area contributed by atoms with Gasteiger partial charge in [-0.25, -0.2) is 0 Å². The molecule has 1 aliphatic carbocycles. The summed E-state index contributed by atoms with van der Waals surface area (Å²) in [5.41, 5.74) is 1.05. The molecule has 0 aromatic heterocycles. The Morgan fingerprint density at radius 3 is 2.32 bits per heavy atom. The van der Waals surface area contributed by atoms with E-state index in [1.165, 1.54) is 18.9 Å². The zero-order chi connectivity index (χ0) is 13.2. The molecule has 0 bridgehead atoms. The normalized spacial score (nSPS) is 22.3. The first-order valence-electron chi connectivity index (χ1n) is 7.20. The van der Waals surface area contributed by atoms with Crippen molar-refractivity contribution in [2.45, 2.75) is 25.3 Å². The van der Waals surface area contributed by atoms with Gasteiger partial charge in [-0.1, -0.05) is 12.8 Å². The molecule has 3 N–H and O–H groups in total. The molecule has 4 nitrogen and oxygen atoms in total. The molecule has 2 fully saturated rings. The lowest BCUT2D eigenvalue weighted by atomic mass is 9.98. The number of phenols is 2. The Bertz CT molecular complexity index is 420. The van der Waals surface area contributed by atoms with E-state index in [-0.39, 0.29) is 11.5 Å². The third kappa shape index (κ3) is 3.19. The molecule has 4 heteroatoms. The van der Waals surface area contributed by atoms with Gasteiger partial charge in [-0.2, -0.15) is 0 Å². The Morgan fingerprint density at radius 1 is 1.11 bits per heavy atom. The lowest BCUT2D eigenvalue weighted by molar-refractivity contribution is 0.160. The number of nitrogens with one attached hydrogen (secondary N) is 1. The SMILES string of the molecule is Oc1cc(O)cc([C@@H](CC2CC2)N2CCNCC2)c1. The smallest absolute Gasteiger partial charge is 0.119 e. The number of rotatable bonds is 4. The van der Waals surface area contributed by atoms with E-state index in [2.05, 4.69) is 10.2 Å². The van der Waals surface area contributed by atoms with Gasteiger partial charge in [0.05, 0.1) is 0 Å². The molecule has 1 saturated heterocycles. The lowest BCUT2D eigenvalue weighted by Gasteiger charge is -2.35. The molecule has 0 amide bonds. The average Bonchev–Trinajstić information content (AvgIpc) is 3.20. The van der Waals surface area contributed by atoms with E-state index >= 15 is 0 Å². The summed E-state index contributed by atoms with van der Waals surface area (Å²) < 4.78 is 0. The maximum atomic E-state index is 9.70. The van der Waals surface area contributed by atoms with Crippen LogP contribution in [0.4, 0.5) is 0 Å². The minimum absolute atomic E-state index is 0.158. The minimum atomic E-state index is 0.158. The first-order valence-corrected chi connectivity index (χ1v) is 7.20. The van der Waals surface area contributed by atoms with Crippen LogP contribution in [0.2, 0.25) is 0 Å². The Hall–Kier alpha value is -1.26. The molecule has 1 heterocycles. The van der Waals surface area contributed by atoms with E-state index < -0.39 is 0 Å². The average molecular weight is 262 g/mol. The molecule has 1 atom stereocenters. The van der Waals surface area contributed by atoms with Crippen LogP contribution in [0.1, 0.15) is 30.9 Å². The lowest BCUT2D eigenvalue weighted by Crippen LogP contribution is -2.45. The largest absolute Gasteiger partial charge is 0.508 e. The number of benzene rings is 1. The van der Waals surface area contributed by atoms with Crippen LogP contribution in [-0.4, -0.2) is 41.3 Å². The van der Waals surface area contributed by atoms with Crippen molar-refractivity contribution in [3.05, 3.63) is 23.8 Å². The zero-order valence-electron chi connectivity index (χ0n) is 11.2. The highest BCUT2D eigenvalue weighted by atomic mass is 16.3. The first kappa shape index (κ1) is 12.8. The molecule has 1 aliphatic heterocycles. The molecule has 0 unspecified atom stereocenters. The van der Waals surface area contributed by atoms with Crippen LogP contribution >= 0.6 is 0 Å². The topological polar surface area (TPSA) is 55.7 Å². The Labute approximate surface area is 114 Å². The Kier molecular flexibility index (Phi) is 3.62. The van der Waals surface area contributed by atoms with Crippen molar-refractivity contribution in [1.29, 1.82) is 0 Å². The monoisotopic (exact) mass is 262 g/mol. The Morgan fingerprint density at radius 2 is 1.74 bits per heavy atom. The maximum absolute atomic E-state index is 9.70. The van der Waals surface area contributed by atoms with Crippen molar-refractivity contribution < 1.29 is 10.2 Å². The van der Waals surface area contributed by atoms with Gasteiger partial charge in [0.2, 0.25) is 0 Å². The van der Waals surface area contributed by atoms with Gasteiger partial charge in [0, 0.05) is 38.3 Å². The Balaban J connectivity index is 1.83.